The van der Waals surface area contributed by atoms with E-state index in [1.807, 2.05) is 39.1 Å². The Bertz CT molecular complexity index is 660. The van der Waals surface area contributed by atoms with E-state index in [1.54, 1.807) is 17.7 Å². The number of nitrogens with zero attached hydrogens (tertiary/aromatic N) is 2. The number of halogens is 1. The Morgan fingerprint density at radius 1 is 1.48 bits per heavy atom. The summed E-state index contributed by atoms with van der Waals surface area (Å²) in [6.07, 6.45) is 3.91. The van der Waals surface area contributed by atoms with Crippen molar-refractivity contribution in [1.82, 2.24) is 14.9 Å². The Balaban J connectivity index is 1.93. The molecule has 0 spiro atoms. The fraction of sp³-hybridized carbons (Fsp3) is 0.500. The molecule has 2 aromatic rings. The Morgan fingerprint density at radius 3 is 2.83 bits per heavy atom. The molecule has 1 unspecified atom stereocenters. The number of carbonyl (C=O) groups excluding carboxylic acids is 1. The number of carbonyl (C=O) groups is 1. The second-order valence-electron chi connectivity index (χ2n) is 6.29. The molecule has 0 radical (unpaired) electrons. The number of amides is 1. The molecule has 0 saturated carbocycles. The lowest BCUT2D eigenvalue weighted by Gasteiger charge is -2.20. The second-order valence-corrected chi connectivity index (χ2v) is 8.04. The SMILES string of the molecule is CC(c1ccc(Cl)s1)n1cncc1CCNC(=O)OC(C)(C)C. The number of nitrogens with one attached hydrogen (secondary N) is 1. The van der Waals surface area contributed by atoms with Gasteiger partial charge in [-0.25, -0.2) is 9.78 Å². The molecular weight excluding hydrogens is 334 g/mol. The molecule has 0 aromatic carbocycles. The van der Waals surface area contributed by atoms with Crippen LogP contribution in [-0.4, -0.2) is 27.8 Å². The van der Waals surface area contributed by atoms with Gasteiger partial charge in [0.2, 0.25) is 0 Å². The van der Waals surface area contributed by atoms with E-state index >= 15 is 0 Å². The molecule has 0 aliphatic carbocycles. The lowest BCUT2D eigenvalue weighted by molar-refractivity contribution is 0.0528. The van der Waals surface area contributed by atoms with Crippen molar-refractivity contribution in [3.05, 3.63) is 39.6 Å². The van der Waals surface area contributed by atoms with Gasteiger partial charge in [0.05, 0.1) is 16.7 Å². The number of aromatic nitrogens is 2. The van der Waals surface area contributed by atoms with Crippen LogP contribution in [0.15, 0.2) is 24.7 Å². The molecule has 1 amide bonds. The number of alkyl carbamates (subject to hydrolysis) is 1. The van der Waals surface area contributed by atoms with Crippen LogP contribution in [0.1, 0.15) is 44.3 Å². The third-order valence-electron chi connectivity index (χ3n) is 3.22. The first kappa shape index (κ1) is 17.8. The molecule has 2 rings (SSSR count). The van der Waals surface area contributed by atoms with Crippen LogP contribution in [0, 0.1) is 0 Å². The number of hydrogen-bond donors (Lipinski definition) is 1. The Morgan fingerprint density at radius 2 is 2.22 bits per heavy atom. The van der Waals surface area contributed by atoms with Gasteiger partial charge in [-0.05, 0) is 39.8 Å². The molecule has 0 saturated heterocycles. The normalized spacial score (nSPS) is 12.9. The first-order valence-corrected chi connectivity index (χ1v) is 8.68. The van der Waals surface area contributed by atoms with Gasteiger partial charge in [0.1, 0.15) is 5.60 Å². The number of ether oxygens (including phenoxy) is 1. The van der Waals surface area contributed by atoms with Gasteiger partial charge in [0, 0.05) is 29.7 Å². The van der Waals surface area contributed by atoms with E-state index < -0.39 is 11.7 Å². The van der Waals surface area contributed by atoms with Crippen LogP contribution < -0.4 is 5.32 Å². The van der Waals surface area contributed by atoms with E-state index in [2.05, 4.69) is 21.8 Å². The molecule has 2 heterocycles. The highest BCUT2D eigenvalue weighted by Gasteiger charge is 2.17. The first-order chi connectivity index (χ1) is 10.8. The second kappa shape index (κ2) is 7.36. The molecular formula is C16H22ClN3O2S. The molecule has 126 valence electrons. The van der Waals surface area contributed by atoms with Gasteiger partial charge in [-0.15, -0.1) is 11.3 Å². The third kappa shape index (κ3) is 5.25. The van der Waals surface area contributed by atoms with E-state index in [9.17, 15) is 4.79 Å². The summed E-state index contributed by atoms with van der Waals surface area (Å²) in [7, 11) is 0. The van der Waals surface area contributed by atoms with Gasteiger partial charge in [0.15, 0.2) is 0 Å². The van der Waals surface area contributed by atoms with Crippen LogP contribution in [0.25, 0.3) is 0 Å². The summed E-state index contributed by atoms with van der Waals surface area (Å²) in [5.74, 6) is 0. The zero-order chi connectivity index (χ0) is 17.0. The number of rotatable bonds is 5. The molecule has 2 aromatic heterocycles. The lowest BCUT2D eigenvalue weighted by atomic mass is 10.2. The Labute approximate surface area is 145 Å². The van der Waals surface area contributed by atoms with Crippen LogP contribution in [0.4, 0.5) is 4.79 Å². The molecule has 0 aliphatic heterocycles. The fourth-order valence-electron chi connectivity index (χ4n) is 2.17. The molecule has 0 bridgehead atoms. The summed E-state index contributed by atoms with van der Waals surface area (Å²) in [6.45, 7) is 8.13. The van der Waals surface area contributed by atoms with Crippen molar-refractivity contribution in [2.75, 3.05) is 6.54 Å². The molecule has 5 nitrogen and oxygen atoms in total. The average molecular weight is 356 g/mol. The summed E-state index contributed by atoms with van der Waals surface area (Å²) in [6, 6.07) is 4.09. The standard InChI is InChI=1S/C16H22ClN3O2S/c1-11(13-5-6-14(17)23-13)20-10-18-9-12(20)7-8-19-15(21)22-16(2,3)4/h5-6,9-11H,7-8H2,1-4H3,(H,19,21). The highest BCUT2D eigenvalue weighted by atomic mass is 35.5. The molecule has 1 N–H and O–H groups in total. The summed E-state index contributed by atoms with van der Waals surface area (Å²) >= 11 is 7.57. The van der Waals surface area contributed by atoms with Gasteiger partial charge in [0.25, 0.3) is 0 Å². The van der Waals surface area contributed by atoms with Crippen LogP contribution in [0.3, 0.4) is 0 Å². The van der Waals surface area contributed by atoms with Gasteiger partial charge >= 0.3 is 6.09 Å². The van der Waals surface area contributed by atoms with Crippen molar-refractivity contribution in [3.63, 3.8) is 0 Å². The van der Waals surface area contributed by atoms with Crippen molar-refractivity contribution in [3.8, 4) is 0 Å². The van der Waals surface area contributed by atoms with Gasteiger partial charge in [-0.2, -0.15) is 0 Å². The van der Waals surface area contributed by atoms with Gasteiger partial charge in [-0.1, -0.05) is 11.6 Å². The van der Waals surface area contributed by atoms with E-state index in [0.717, 1.165) is 10.0 Å². The maximum absolute atomic E-state index is 11.7. The maximum atomic E-state index is 11.7. The first-order valence-electron chi connectivity index (χ1n) is 7.49. The summed E-state index contributed by atoms with van der Waals surface area (Å²) in [5, 5.41) is 2.77. The zero-order valence-electron chi connectivity index (χ0n) is 13.8. The molecule has 0 fully saturated rings. The van der Waals surface area contributed by atoms with Crippen LogP contribution >= 0.6 is 22.9 Å². The minimum absolute atomic E-state index is 0.159. The molecule has 23 heavy (non-hydrogen) atoms. The number of imidazole rings is 1. The number of hydrogen-bond acceptors (Lipinski definition) is 4. The fourth-order valence-corrected chi connectivity index (χ4v) is 3.28. The Kier molecular flexibility index (Phi) is 5.70. The minimum atomic E-state index is -0.487. The molecule has 0 aliphatic rings. The summed E-state index contributed by atoms with van der Waals surface area (Å²) in [5.41, 5.74) is 0.566. The smallest absolute Gasteiger partial charge is 0.407 e. The van der Waals surface area contributed by atoms with Crippen molar-refractivity contribution >= 4 is 29.0 Å². The van der Waals surface area contributed by atoms with Gasteiger partial charge < -0.3 is 14.6 Å². The average Bonchev–Trinajstić information content (AvgIpc) is 3.05. The van der Waals surface area contributed by atoms with E-state index in [0.29, 0.717) is 13.0 Å². The van der Waals surface area contributed by atoms with Crippen LogP contribution in [0.5, 0.6) is 0 Å². The van der Waals surface area contributed by atoms with Crippen molar-refractivity contribution in [2.45, 2.75) is 45.8 Å². The maximum Gasteiger partial charge on any atom is 0.407 e. The quantitative estimate of drug-likeness (QED) is 0.871. The lowest BCUT2D eigenvalue weighted by Crippen LogP contribution is -2.33. The monoisotopic (exact) mass is 355 g/mol. The van der Waals surface area contributed by atoms with Crippen molar-refractivity contribution < 1.29 is 9.53 Å². The zero-order valence-corrected chi connectivity index (χ0v) is 15.4. The third-order valence-corrected chi connectivity index (χ3v) is 4.62. The van der Waals surface area contributed by atoms with Crippen LogP contribution in [0.2, 0.25) is 4.34 Å². The van der Waals surface area contributed by atoms with Crippen LogP contribution in [-0.2, 0) is 11.2 Å². The minimum Gasteiger partial charge on any atom is -0.444 e. The molecule has 7 heteroatoms. The molecule has 1 atom stereocenters. The van der Waals surface area contributed by atoms with E-state index in [4.69, 9.17) is 16.3 Å². The predicted molar refractivity (Wildman–Crippen MR) is 93.3 cm³/mol. The highest BCUT2D eigenvalue weighted by Crippen LogP contribution is 2.29. The van der Waals surface area contributed by atoms with E-state index in [1.165, 1.54) is 4.88 Å². The van der Waals surface area contributed by atoms with Crippen molar-refractivity contribution in [2.24, 2.45) is 0 Å². The van der Waals surface area contributed by atoms with E-state index in [-0.39, 0.29) is 6.04 Å². The van der Waals surface area contributed by atoms with Crippen molar-refractivity contribution in [1.29, 1.82) is 0 Å². The highest BCUT2D eigenvalue weighted by molar-refractivity contribution is 7.16. The summed E-state index contributed by atoms with van der Waals surface area (Å²) in [4.78, 5) is 17.1. The topological polar surface area (TPSA) is 56.2 Å². The Hall–Kier alpha value is -1.53. The van der Waals surface area contributed by atoms with Gasteiger partial charge in [-0.3, -0.25) is 0 Å². The number of thiophene rings is 1. The predicted octanol–water partition coefficient (Wildman–Crippen LogP) is 4.27. The largest absolute Gasteiger partial charge is 0.444 e. The summed E-state index contributed by atoms with van der Waals surface area (Å²) < 4.78 is 8.10.